The van der Waals surface area contributed by atoms with Gasteiger partial charge in [-0.25, -0.2) is 4.79 Å². The van der Waals surface area contributed by atoms with Crippen LogP contribution in [0.3, 0.4) is 0 Å². The summed E-state index contributed by atoms with van der Waals surface area (Å²) in [5.41, 5.74) is 1.17. The predicted molar refractivity (Wildman–Crippen MR) is 89.8 cm³/mol. The van der Waals surface area contributed by atoms with Gasteiger partial charge in [0.2, 0.25) is 5.37 Å². The Morgan fingerprint density at radius 1 is 1.43 bits per heavy atom. The van der Waals surface area contributed by atoms with E-state index in [-0.39, 0.29) is 17.3 Å². The minimum absolute atomic E-state index is 0.0415. The fraction of sp³-hybridized carbons (Fsp3) is 0.529. The van der Waals surface area contributed by atoms with Crippen molar-refractivity contribution in [3.63, 3.8) is 0 Å². The van der Waals surface area contributed by atoms with Crippen LogP contribution in [0.4, 0.5) is 5.69 Å². The molecule has 124 valence electrons. The molecule has 6 heteroatoms. The number of benzene rings is 1. The lowest BCUT2D eigenvalue weighted by Crippen LogP contribution is -3.20. The van der Waals surface area contributed by atoms with Gasteiger partial charge in [-0.15, -0.1) is 0 Å². The van der Waals surface area contributed by atoms with Gasteiger partial charge in [-0.3, -0.25) is 4.79 Å². The van der Waals surface area contributed by atoms with E-state index >= 15 is 0 Å². The largest absolute Gasteiger partial charge is 0.465 e. The summed E-state index contributed by atoms with van der Waals surface area (Å²) in [5.74, 6) is -0.346. The number of esters is 1. The van der Waals surface area contributed by atoms with E-state index in [9.17, 15) is 9.59 Å². The third kappa shape index (κ3) is 3.23. The number of amides is 1. The third-order valence-electron chi connectivity index (χ3n) is 4.76. The van der Waals surface area contributed by atoms with E-state index in [2.05, 4.69) is 12.2 Å². The Morgan fingerprint density at radius 3 is 3.00 bits per heavy atom. The third-order valence-corrected chi connectivity index (χ3v) is 6.13. The molecule has 1 aromatic carbocycles. The fourth-order valence-corrected chi connectivity index (χ4v) is 4.78. The van der Waals surface area contributed by atoms with E-state index in [4.69, 9.17) is 4.74 Å². The van der Waals surface area contributed by atoms with Crippen molar-refractivity contribution >= 4 is 29.3 Å². The Hall–Kier alpha value is -1.53. The lowest BCUT2D eigenvalue weighted by Gasteiger charge is -2.38. The van der Waals surface area contributed by atoms with Crippen LogP contribution in [0.1, 0.15) is 43.0 Å². The lowest BCUT2D eigenvalue weighted by molar-refractivity contribution is -0.932. The average Bonchev–Trinajstić information content (AvgIpc) is 2.59. The second-order valence-corrected chi connectivity index (χ2v) is 7.26. The van der Waals surface area contributed by atoms with Crippen molar-refractivity contribution in [3.8, 4) is 0 Å². The van der Waals surface area contributed by atoms with Crippen molar-refractivity contribution in [3.05, 3.63) is 23.8 Å². The van der Waals surface area contributed by atoms with Gasteiger partial charge in [0.25, 0.3) is 5.91 Å². The monoisotopic (exact) mass is 335 g/mol. The number of ether oxygens (including phenoxy) is 1. The quantitative estimate of drug-likeness (QED) is 0.826. The molecule has 2 aliphatic rings. The molecule has 2 N–H and O–H groups in total. The summed E-state index contributed by atoms with van der Waals surface area (Å²) in [4.78, 5) is 26.6. The average molecular weight is 335 g/mol. The number of fused-ring (bicyclic) bond motifs is 1. The molecule has 0 radical (unpaired) electrons. The fourth-order valence-electron chi connectivity index (χ4n) is 3.52. The number of carbonyl (C=O) groups excluding carboxylic acids is 2. The maximum Gasteiger partial charge on any atom is 0.337 e. The second-order valence-electron chi connectivity index (χ2n) is 6.12. The second kappa shape index (κ2) is 6.93. The van der Waals surface area contributed by atoms with Crippen molar-refractivity contribution in [1.82, 2.24) is 0 Å². The van der Waals surface area contributed by atoms with Gasteiger partial charge in [0.15, 0.2) is 0 Å². The molecule has 0 aliphatic carbocycles. The number of rotatable bonds is 3. The highest BCUT2D eigenvalue weighted by molar-refractivity contribution is 8.00. The van der Waals surface area contributed by atoms with Crippen LogP contribution in [0.25, 0.3) is 0 Å². The zero-order valence-electron chi connectivity index (χ0n) is 13.6. The number of carbonyl (C=O) groups is 2. The molecule has 2 aliphatic heterocycles. The number of nitrogens with one attached hydrogen (secondary N) is 2. The van der Waals surface area contributed by atoms with E-state index in [1.165, 1.54) is 31.3 Å². The molecule has 5 nitrogen and oxygen atoms in total. The maximum atomic E-state index is 12.6. The van der Waals surface area contributed by atoms with Crippen LogP contribution in [-0.2, 0) is 9.53 Å². The van der Waals surface area contributed by atoms with Gasteiger partial charge >= 0.3 is 5.97 Å². The van der Waals surface area contributed by atoms with Crippen LogP contribution in [0.15, 0.2) is 23.1 Å². The summed E-state index contributed by atoms with van der Waals surface area (Å²) < 4.78 is 4.74. The molecule has 3 atom stereocenters. The number of thioether (sulfide) groups is 1. The Labute approximate surface area is 140 Å². The normalized spacial score (nSPS) is 27.0. The Morgan fingerprint density at radius 2 is 2.26 bits per heavy atom. The highest BCUT2D eigenvalue weighted by atomic mass is 32.2. The smallest absolute Gasteiger partial charge is 0.337 e. The van der Waals surface area contributed by atoms with Gasteiger partial charge in [-0.2, -0.15) is 0 Å². The molecule has 0 spiro atoms. The first-order valence-electron chi connectivity index (χ1n) is 8.19. The topological polar surface area (TPSA) is 59.8 Å². The van der Waals surface area contributed by atoms with Crippen molar-refractivity contribution in [1.29, 1.82) is 0 Å². The molecule has 0 saturated carbocycles. The summed E-state index contributed by atoms with van der Waals surface area (Å²) in [6, 6.07) is 5.92. The van der Waals surface area contributed by atoms with Crippen LogP contribution < -0.4 is 10.2 Å². The number of methoxy groups -OCH3 is 1. The van der Waals surface area contributed by atoms with Crippen molar-refractivity contribution in [2.75, 3.05) is 19.0 Å². The standard InChI is InChI=1S/C17H22N2O3S/c1-3-12-6-4-5-9-19(12)16-15(20)18-13-10-11(17(21)22-2)7-8-14(13)23-16/h7-8,10,12,16H,3-6,9H2,1-2H3,(H,18,20)/p+1. The Balaban J connectivity index is 1.83. The van der Waals surface area contributed by atoms with E-state index in [1.807, 2.05) is 6.07 Å². The summed E-state index contributed by atoms with van der Waals surface area (Å²) in [6.07, 6.45) is 4.75. The van der Waals surface area contributed by atoms with Gasteiger partial charge in [-0.05, 0) is 43.9 Å². The maximum absolute atomic E-state index is 12.6. The first kappa shape index (κ1) is 16.3. The van der Waals surface area contributed by atoms with Crippen molar-refractivity contribution < 1.29 is 19.2 Å². The number of anilines is 1. The summed E-state index contributed by atoms with van der Waals surface area (Å²) >= 11 is 1.62. The van der Waals surface area contributed by atoms with Crippen LogP contribution in [-0.4, -0.2) is 36.9 Å². The first-order valence-corrected chi connectivity index (χ1v) is 9.07. The van der Waals surface area contributed by atoms with Gasteiger partial charge in [0.1, 0.15) is 0 Å². The van der Waals surface area contributed by atoms with E-state index in [0.717, 1.165) is 17.9 Å². The predicted octanol–water partition coefficient (Wildman–Crippen LogP) is 1.69. The minimum Gasteiger partial charge on any atom is -0.465 e. The molecule has 1 fully saturated rings. The van der Waals surface area contributed by atoms with Crippen LogP contribution in [0, 0.1) is 0 Å². The lowest BCUT2D eigenvalue weighted by atomic mass is 10.00. The van der Waals surface area contributed by atoms with Crippen LogP contribution in [0.2, 0.25) is 0 Å². The van der Waals surface area contributed by atoms with Gasteiger partial charge in [0.05, 0.1) is 30.9 Å². The van der Waals surface area contributed by atoms with Crippen LogP contribution >= 0.6 is 11.8 Å². The zero-order valence-corrected chi connectivity index (χ0v) is 14.4. The molecule has 23 heavy (non-hydrogen) atoms. The minimum atomic E-state index is -0.387. The summed E-state index contributed by atoms with van der Waals surface area (Å²) in [7, 11) is 1.36. The number of hydrogen-bond acceptors (Lipinski definition) is 4. The highest BCUT2D eigenvalue weighted by Crippen LogP contribution is 2.35. The Bertz CT molecular complexity index is 620. The number of likely N-dealkylation sites (tertiary alicyclic amines) is 1. The molecule has 2 heterocycles. The number of piperidine rings is 1. The molecule has 3 unspecified atom stereocenters. The molecule has 0 bridgehead atoms. The molecule has 0 aromatic heterocycles. The highest BCUT2D eigenvalue weighted by Gasteiger charge is 2.40. The molecule has 1 aromatic rings. The molecule has 3 rings (SSSR count). The number of hydrogen-bond donors (Lipinski definition) is 2. The van der Waals surface area contributed by atoms with Crippen molar-refractivity contribution in [2.24, 2.45) is 0 Å². The van der Waals surface area contributed by atoms with Gasteiger partial charge in [-0.1, -0.05) is 18.7 Å². The van der Waals surface area contributed by atoms with E-state index in [0.29, 0.717) is 17.3 Å². The molecule has 1 amide bonds. The van der Waals surface area contributed by atoms with Gasteiger partial charge in [0, 0.05) is 4.90 Å². The van der Waals surface area contributed by atoms with E-state index < -0.39 is 0 Å². The zero-order chi connectivity index (χ0) is 16.4. The van der Waals surface area contributed by atoms with Crippen LogP contribution in [0.5, 0.6) is 0 Å². The first-order chi connectivity index (χ1) is 11.1. The number of quaternary nitrogens is 1. The van der Waals surface area contributed by atoms with Gasteiger partial charge < -0.3 is 15.0 Å². The Kier molecular flexibility index (Phi) is 4.92. The van der Waals surface area contributed by atoms with Crippen molar-refractivity contribution in [2.45, 2.75) is 48.9 Å². The molecule has 1 saturated heterocycles. The summed E-state index contributed by atoms with van der Waals surface area (Å²) in [5, 5.41) is 2.88. The molecular weight excluding hydrogens is 312 g/mol. The summed E-state index contributed by atoms with van der Waals surface area (Å²) in [6.45, 7) is 3.26. The molecular formula is C17H23N2O3S+. The SMILES string of the molecule is CCC1CCCC[NH+]1C1Sc2ccc(C(=O)OC)cc2NC1=O. The van der Waals surface area contributed by atoms with E-state index in [1.54, 1.807) is 23.9 Å².